The number of hydrogen-bond donors (Lipinski definition) is 1. The molecule has 2 atom stereocenters. The summed E-state index contributed by atoms with van der Waals surface area (Å²) in [7, 11) is 0. The molecule has 1 saturated carbocycles. The average molecular weight is 287 g/mol. The van der Waals surface area contributed by atoms with Gasteiger partial charge in [0.05, 0.1) is 0 Å². The largest absolute Gasteiger partial charge is 0.573 e. The van der Waals surface area contributed by atoms with Gasteiger partial charge in [0.25, 0.3) is 0 Å². The van der Waals surface area contributed by atoms with Crippen LogP contribution < -0.4 is 10.1 Å². The van der Waals surface area contributed by atoms with Crippen molar-refractivity contribution in [2.45, 2.75) is 39.1 Å². The number of benzene rings is 1. The SMILES string of the molecule is CC1CCC(CNCc2ccc(OC(F)(F)F)cc2)C1. The molecule has 1 aromatic carbocycles. The molecule has 5 heteroatoms. The molecule has 0 amide bonds. The quantitative estimate of drug-likeness (QED) is 0.880. The third-order valence-electron chi connectivity index (χ3n) is 3.72. The molecular formula is C15H20F3NO. The van der Waals surface area contributed by atoms with E-state index in [0.29, 0.717) is 6.54 Å². The fraction of sp³-hybridized carbons (Fsp3) is 0.600. The molecule has 20 heavy (non-hydrogen) atoms. The maximum atomic E-state index is 12.0. The zero-order valence-electron chi connectivity index (χ0n) is 11.5. The second-order valence-electron chi connectivity index (χ2n) is 5.61. The molecule has 2 nitrogen and oxygen atoms in total. The molecule has 1 N–H and O–H groups in total. The van der Waals surface area contributed by atoms with Crippen LogP contribution in [-0.2, 0) is 6.54 Å². The summed E-state index contributed by atoms with van der Waals surface area (Å²) < 4.78 is 39.9. The van der Waals surface area contributed by atoms with Gasteiger partial charge in [-0.15, -0.1) is 13.2 Å². The lowest BCUT2D eigenvalue weighted by Crippen LogP contribution is -2.21. The van der Waals surface area contributed by atoms with E-state index >= 15 is 0 Å². The van der Waals surface area contributed by atoms with Gasteiger partial charge < -0.3 is 10.1 Å². The Morgan fingerprint density at radius 3 is 2.45 bits per heavy atom. The minimum Gasteiger partial charge on any atom is -0.406 e. The van der Waals surface area contributed by atoms with Crippen molar-refractivity contribution in [3.63, 3.8) is 0 Å². The van der Waals surface area contributed by atoms with E-state index in [1.165, 1.54) is 31.4 Å². The zero-order chi connectivity index (χ0) is 14.6. The topological polar surface area (TPSA) is 21.3 Å². The molecule has 1 aliphatic rings. The molecule has 0 aliphatic heterocycles. The first-order valence-corrected chi connectivity index (χ1v) is 6.98. The molecule has 1 fully saturated rings. The van der Waals surface area contributed by atoms with Crippen LogP contribution in [0, 0.1) is 11.8 Å². The molecular weight excluding hydrogens is 267 g/mol. The van der Waals surface area contributed by atoms with E-state index in [1.807, 2.05) is 0 Å². The Kier molecular flexibility index (Phi) is 4.91. The van der Waals surface area contributed by atoms with Crippen LogP contribution in [0.3, 0.4) is 0 Å². The first-order valence-electron chi connectivity index (χ1n) is 6.98. The second kappa shape index (κ2) is 6.48. The lowest BCUT2D eigenvalue weighted by Gasteiger charge is -2.12. The first kappa shape index (κ1) is 15.2. The third kappa shape index (κ3) is 5.04. The number of nitrogens with one attached hydrogen (secondary N) is 1. The van der Waals surface area contributed by atoms with E-state index in [4.69, 9.17) is 0 Å². The van der Waals surface area contributed by atoms with Crippen molar-refractivity contribution >= 4 is 0 Å². The molecule has 0 radical (unpaired) electrons. The molecule has 0 spiro atoms. The normalized spacial score (nSPS) is 23.0. The number of halogens is 3. The van der Waals surface area contributed by atoms with Gasteiger partial charge >= 0.3 is 6.36 Å². The summed E-state index contributed by atoms with van der Waals surface area (Å²) in [5.41, 5.74) is 0.963. The molecule has 0 saturated heterocycles. The highest BCUT2D eigenvalue weighted by Gasteiger charge is 2.30. The maximum Gasteiger partial charge on any atom is 0.573 e. The lowest BCUT2D eigenvalue weighted by atomic mass is 10.1. The van der Waals surface area contributed by atoms with E-state index in [9.17, 15) is 13.2 Å². The van der Waals surface area contributed by atoms with Gasteiger partial charge in [0, 0.05) is 6.54 Å². The van der Waals surface area contributed by atoms with Gasteiger partial charge in [-0.2, -0.15) is 0 Å². The number of hydrogen-bond acceptors (Lipinski definition) is 2. The van der Waals surface area contributed by atoms with Crippen molar-refractivity contribution in [2.24, 2.45) is 11.8 Å². The standard InChI is InChI=1S/C15H20F3NO/c1-11-2-3-13(8-11)10-19-9-12-4-6-14(7-5-12)20-15(16,17)18/h4-7,11,13,19H,2-3,8-10H2,1H3. The fourth-order valence-electron chi connectivity index (χ4n) is 2.74. The van der Waals surface area contributed by atoms with Crippen LogP contribution in [-0.4, -0.2) is 12.9 Å². The summed E-state index contributed by atoms with van der Waals surface area (Å²) in [4.78, 5) is 0. The second-order valence-corrected chi connectivity index (χ2v) is 5.61. The molecule has 2 unspecified atom stereocenters. The Hall–Kier alpha value is -1.23. The molecule has 0 bridgehead atoms. The summed E-state index contributed by atoms with van der Waals surface area (Å²) in [5.74, 6) is 1.38. The minimum atomic E-state index is -4.63. The zero-order valence-corrected chi connectivity index (χ0v) is 11.5. The van der Waals surface area contributed by atoms with Crippen molar-refractivity contribution in [1.29, 1.82) is 0 Å². The van der Waals surface area contributed by atoms with Gasteiger partial charge in [-0.25, -0.2) is 0 Å². The van der Waals surface area contributed by atoms with E-state index in [-0.39, 0.29) is 5.75 Å². The molecule has 1 aromatic rings. The summed E-state index contributed by atoms with van der Waals surface area (Å²) >= 11 is 0. The van der Waals surface area contributed by atoms with Gasteiger partial charge in [0.1, 0.15) is 5.75 Å². The van der Waals surface area contributed by atoms with E-state index in [2.05, 4.69) is 17.0 Å². The van der Waals surface area contributed by atoms with Gasteiger partial charge in [-0.3, -0.25) is 0 Å². The highest BCUT2D eigenvalue weighted by molar-refractivity contribution is 5.27. The predicted molar refractivity (Wildman–Crippen MR) is 71.3 cm³/mol. The average Bonchev–Trinajstić information content (AvgIpc) is 2.75. The highest BCUT2D eigenvalue weighted by Crippen LogP contribution is 2.29. The summed E-state index contributed by atoms with van der Waals surface area (Å²) in [5, 5.41) is 3.37. The molecule has 112 valence electrons. The van der Waals surface area contributed by atoms with Crippen LogP contribution in [0.1, 0.15) is 31.7 Å². The summed E-state index contributed by atoms with van der Waals surface area (Å²) in [6.45, 7) is 3.93. The smallest absolute Gasteiger partial charge is 0.406 e. The van der Waals surface area contributed by atoms with Crippen LogP contribution in [0.5, 0.6) is 5.75 Å². The number of ether oxygens (including phenoxy) is 1. The predicted octanol–water partition coefficient (Wildman–Crippen LogP) is 4.11. The first-order chi connectivity index (χ1) is 9.42. The van der Waals surface area contributed by atoms with Crippen LogP contribution in [0.25, 0.3) is 0 Å². The van der Waals surface area contributed by atoms with Gasteiger partial charge in [-0.05, 0) is 48.9 Å². The van der Waals surface area contributed by atoms with Gasteiger partial charge in [0.2, 0.25) is 0 Å². The Balaban J connectivity index is 1.73. The van der Waals surface area contributed by atoms with Gasteiger partial charge in [0.15, 0.2) is 0 Å². The van der Waals surface area contributed by atoms with Gasteiger partial charge in [-0.1, -0.05) is 25.5 Å². The van der Waals surface area contributed by atoms with Crippen molar-refractivity contribution < 1.29 is 17.9 Å². The van der Waals surface area contributed by atoms with E-state index in [1.54, 1.807) is 12.1 Å². The maximum absolute atomic E-state index is 12.0. The Morgan fingerprint density at radius 1 is 1.20 bits per heavy atom. The summed E-state index contributed by atoms with van der Waals surface area (Å²) in [6.07, 6.45) is -0.785. The van der Waals surface area contributed by atoms with Crippen molar-refractivity contribution in [2.75, 3.05) is 6.54 Å². The van der Waals surface area contributed by atoms with Crippen LogP contribution in [0.4, 0.5) is 13.2 Å². The van der Waals surface area contributed by atoms with Crippen LogP contribution in [0.2, 0.25) is 0 Å². The molecule has 0 aromatic heterocycles. The highest BCUT2D eigenvalue weighted by atomic mass is 19.4. The number of alkyl halides is 3. The minimum absolute atomic E-state index is 0.175. The third-order valence-corrected chi connectivity index (χ3v) is 3.72. The molecule has 1 aliphatic carbocycles. The van der Waals surface area contributed by atoms with Crippen molar-refractivity contribution in [3.05, 3.63) is 29.8 Å². The van der Waals surface area contributed by atoms with E-state index in [0.717, 1.165) is 23.9 Å². The number of rotatable bonds is 5. The van der Waals surface area contributed by atoms with Crippen LogP contribution >= 0.6 is 0 Å². The van der Waals surface area contributed by atoms with Crippen LogP contribution in [0.15, 0.2) is 24.3 Å². The molecule has 2 rings (SSSR count). The molecule has 0 heterocycles. The van der Waals surface area contributed by atoms with Crippen molar-refractivity contribution in [3.8, 4) is 5.75 Å². The fourth-order valence-corrected chi connectivity index (χ4v) is 2.74. The Labute approximate surface area is 117 Å². The van der Waals surface area contributed by atoms with Crippen molar-refractivity contribution in [1.82, 2.24) is 5.32 Å². The lowest BCUT2D eigenvalue weighted by molar-refractivity contribution is -0.274. The monoisotopic (exact) mass is 287 g/mol. The summed E-state index contributed by atoms with van der Waals surface area (Å²) in [6, 6.07) is 6.01. The Morgan fingerprint density at radius 2 is 1.90 bits per heavy atom. The van der Waals surface area contributed by atoms with E-state index < -0.39 is 6.36 Å². The Bertz CT molecular complexity index is 416.